The summed E-state index contributed by atoms with van der Waals surface area (Å²) in [6.45, 7) is 0.617. The fourth-order valence-electron chi connectivity index (χ4n) is 2.50. The number of aliphatic hydroxyl groups excluding tert-OH is 1. The number of amides is 2. The summed E-state index contributed by atoms with van der Waals surface area (Å²) in [5.74, 6) is 0. The summed E-state index contributed by atoms with van der Waals surface area (Å²) in [5.41, 5.74) is 2.83. The number of carbonyl (C=O) groups excluding carboxylic acids is 1. The van der Waals surface area contributed by atoms with Crippen LogP contribution in [-0.2, 0) is 6.54 Å². The number of carbonyl (C=O) groups is 1. The van der Waals surface area contributed by atoms with Crippen LogP contribution in [0.5, 0.6) is 0 Å². The summed E-state index contributed by atoms with van der Waals surface area (Å²) in [4.78, 5) is 12.1. The van der Waals surface area contributed by atoms with Gasteiger partial charge in [-0.05, 0) is 48.5 Å². The molecule has 2 amide bonds. The molecule has 6 heteroatoms. The van der Waals surface area contributed by atoms with Crippen LogP contribution in [0.3, 0.4) is 0 Å². The zero-order chi connectivity index (χ0) is 16.9. The van der Waals surface area contributed by atoms with Gasteiger partial charge < -0.3 is 20.3 Å². The Morgan fingerprint density at radius 3 is 2.50 bits per heavy atom. The van der Waals surface area contributed by atoms with E-state index in [1.807, 2.05) is 41.1 Å². The molecular formula is C18H16N4O2. The van der Waals surface area contributed by atoms with Crippen molar-refractivity contribution in [3.05, 3.63) is 60.3 Å². The molecule has 3 rings (SSSR count). The standard InChI is InChI=1S/C18H16N4O2/c19-12-13-1-3-15(4-2-13)20-18(24)21-16-5-6-17-14(11-16)7-8-22(17)9-10-23/h1-8,11,23H,9-10H2,(H2,20,21,24). The van der Waals surface area contributed by atoms with Crippen molar-refractivity contribution in [2.45, 2.75) is 6.54 Å². The Morgan fingerprint density at radius 2 is 1.79 bits per heavy atom. The van der Waals surface area contributed by atoms with E-state index in [0.29, 0.717) is 23.5 Å². The molecule has 1 heterocycles. The molecule has 0 unspecified atom stereocenters. The van der Waals surface area contributed by atoms with Gasteiger partial charge in [0.15, 0.2) is 0 Å². The van der Waals surface area contributed by atoms with Crippen LogP contribution in [0.25, 0.3) is 10.9 Å². The number of urea groups is 1. The molecule has 0 atom stereocenters. The van der Waals surface area contributed by atoms with Crippen LogP contribution in [0.2, 0.25) is 0 Å². The molecule has 0 bridgehead atoms. The molecule has 0 radical (unpaired) electrons. The van der Waals surface area contributed by atoms with E-state index in [4.69, 9.17) is 10.4 Å². The van der Waals surface area contributed by atoms with Crippen molar-refractivity contribution in [3.63, 3.8) is 0 Å². The summed E-state index contributed by atoms with van der Waals surface area (Å²) in [5, 5.41) is 24.3. The number of aromatic nitrogens is 1. The number of nitrogens with zero attached hydrogens (tertiary/aromatic N) is 2. The number of rotatable bonds is 4. The van der Waals surface area contributed by atoms with Crippen molar-refractivity contribution in [1.82, 2.24) is 4.57 Å². The molecule has 3 aromatic rings. The predicted octanol–water partition coefficient (Wildman–Crippen LogP) is 3.15. The number of benzene rings is 2. The van der Waals surface area contributed by atoms with E-state index in [-0.39, 0.29) is 12.6 Å². The molecule has 3 N–H and O–H groups in total. The maximum atomic E-state index is 12.1. The molecule has 1 aromatic heterocycles. The summed E-state index contributed by atoms with van der Waals surface area (Å²) < 4.78 is 1.95. The Balaban J connectivity index is 1.69. The number of hydrogen-bond donors (Lipinski definition) is 3. The number of fused-ring (bicyclic) bond motifs is 1. The van der Waals surface area contributed by atoms with Crippen LogP contribution in [0, 0.1) is 11.3 Å². The van der Waals surface area contributed by atoms with Crippen LogP contribution >= 0.6 is 0 Å². The maximum absolute atomic E-state index is 12.1. The monoisotopic (exact) mass is 320 g/mol. The van der Waals surface area contributed by atoms with Gasteiger partial charge in [0.25, 0.3) is 0 Å². The van der Waals surface area contributed by atoms with Gasteiger partial charge in [0.2, 0.25) is 0 Å². The molecule has 0 aliphatic heterocycles. The van der Waals surface area contributed by atoms with E-state index in [2.05, 4.69) is 10.6 Å². The minimum absolute atomic E-state index is 0.0801. The highest BCUT2D eigenvalue weighted by Gasteiger charge is 2.06. The molecule has 2 aromatic carbocycles. The van der Waals surface area contributed by atoms with Crippen molar-refractivity contribution in [1.29, 1.82) is 5.26 Å². The molecule has 0 fully saturated rings. The average Bonchev–Trinajstić information content (AvgIpc) is 2.98. The zero-order valence-electron chi connectivity index (χ0n) is 12.9. The predicted molar refractivity (Wildman–Crippen MR) is 92.8 cm³/mol. The molecule has 6 nitrogen and oxygen atoms in total. The first-order valence-corrected chi connectivity index (χ1v) is 7.47. The average molecular weight is 320 g/mol. The normalized spacial score (nSPS) is 10.3. The molecular weight excluding hydrogens is 304 g/mol. The Labute approximate surface area is 138 Å². The van der Waals surface area contributed by atoms with Gasteiger partial charge in [0.1, 0.15) is 0 Å². The van der Waals surface area contributed by atoms with Crippen molar-refractivity contribution >= 4 is 28.3 Å². The van der Waals surface area contributed by atoms with Crippen LogP contribution in [-0.4, -0.2) is 22.3 Å². The highest BCUT2D eigenvalue weighted by atomic mass is 16.3. The third kappa shape index (κ3) is 3.37. The number of anilines is 2. The third-order valence-corrected chi connectivity index (χ3v) is 3.64. The second-order valence-electron chi connectivity index (χ2n) is 5.27. The lowest BCUT2D eigenvalue weighted by Gasteiger charge is -2.08. The fraction of sp³-hybridized carbons (Fsp3) is 0.111. The van der Waals surface area contributed by atoms with Crippen molar-refractivity contribution < 1.29 is 9.90 Å². The van der Waals surface area contributed by atoms with E-state index < -0.39 is 0 Å². The largest absolute Gasteiger partial charge is 0.395 e. The smallest absolute Gasteiger partial charge is 0.323 e. The molecule has 0 spiro atoms. The molecule has 24 heavy (non-hydrogen) atoms. The Bertz CT molecular complexity index is 907. The summed E-state index contributed by atoms with van der Waals surface area (Å²) in [7, 11) is 0. The maximum Gasteiger partial charge on any atom is 0.323 e. The van der Waals surface area contributed by atoms with E-state index >= 15 is 0 Å². The second kappa shape index (κ2) is 6.86. The Morgan fingerprint density at radius 1 is 1.08 bits per heavy atom. The highest BCUT2D eigenvalue weighted by molar-refractivity contribution is 6.01. The van der Waals surface area contributed by atoms with Crippen molar-refractivity contribution in [2.24, 2.45) is 0 Å². The SMILES string of the molecule is N#Cc1ccc(NC(=O)Nc2ccc3c(ccn3CCO)c2)cc1. The van der Waals surface area contributed by atoms with Crippen LogP contribution in [0.4, 0.5) is 16.2 Å². The van der Waals surface area contributed by atoms with Gasteiger partial charge in [-0.2, -0.15) is 5.26 Å². The number of nitrogens with one attached hydrogen (secondary N) is 2. The van der Waals surface area contributed by atoms with Gasteiger partial charge in [-0.15, -0.1) is 0 Å². The molecule has 0 saturated heterocycles. The Kier molecular flexibility index (Phi) is 4.45. The quantitative estimate of drug-likeness (QED) is 0.690. The van der Waals surface area contributed by atoms with E-state index in [0.717, 1.165) is 10.9 Å². The molecule has 120 valence electrons. The lowest BCUT2D eigenvalue weighted by atomic mass is 10.2. The molecule has 0 aliphatic rings. The summed E-state index contributed by atoms with van der Waals surface area (Å²) in [6, 6.07) is 15.9. The minimum atomic E-state index is -0.353. The molecule has 0 saturated carbocycles. The first-order chi connectivity index (χ1) is 11.7. The number of nitriles is 1. The van der Waals surface area contributed by atoms with E-state index in [9.17, 15) is 4.79 Å². The summed E-state index contributed by atoms with van der Waals surface area (Å²) in [6.07, 6.45) is 1.90. The minimum Gasteiger partial charge on any atom is -0.395 e. The van der Waals surface area contributed by atoms with Gasteiger partial charge >= 0.3 is 6.03 Å². The first kappa shape index (κ1) is 15.6. The van der Waals surface area contributed by atoms with Gasteiger partial charge in [-0.3, -0.25) is 0 Å². The Hall–Kier alpha value is -3.30. The number of aliphatic hydroxyl groups is 1. The second-order valence-corrected chi connectivity index (χ2v) is 5.27. The molecule has 0 aliphatic carbocycles. The van der Waals surface area contributed by atoms with Gasteiger partial charge in [0, 0.05) is 35.0 Å². The van der Waals surface area contributed by atoms with Crippen molar-refractivity contribution in [2.75, 3.05) is 17.2 Å². The van der Waals surface area contributed by atoms with E-state index in [1.165, 1.54) is 0 Å². The lowest BCUT2D eigenvalue weighted by Crippen LogP contribution is -2.19. The fourth-order valence-corrected chi connectivity index (χ4v) is 2.50. The van der Waals surface area contributed by atoms with Crippen LogP contribution in [0.15, 0.2) is 54.7 Å². The topological polar surface area (TPSA) is 90.1 Å². The highest BCUT2D eigenvalue weighted by Crippen LogP contribution is 2.21. The summed E-state index contributed by atoms with van der Waals surface area (Å²) >= 11 is 0. The lowest BCUT2D eigenvalue weighted by molar-refractivity contribution is 0.262. The van der Waals surface area contributed by atoms with Crippen molar-refractivity contribution in [3.8, 4) is 6.07 Å². The third-order valence-electron chi connectivity index (χ3n) is 3.64. The van der Waals surface area contributed by atoms with Gasteiger partial charge in [-0.25, -0.2) is 4.79 Å². The first-order valence-electron chi connectivity index (χ1n) is 7.47. The van der Waals surface area contributed by atoms with Crippen LogP contribution < -0.4 is 10.6 Å². The van der Waals surface area contributed by atoms with Gasteiger partial charge in [-0.1, -0.05) is 0 Å². The van der Waals surface area contributed by atoms with Gasteiger partial charge in [0.05, 0.1) is 18.2 Å². The number of hydrogen-bond acceptors (Lipinski definition) is 3. The van der Waals surface area contributed by atoms with E-state index in [1.54, 1.807) is 24.3 Å². The zero-order valence-corrected chi connectivity index (χ0v) is 12.9. The van der Waals surface area contributed by atoms with Crippen LogP contribution in [0.1, 0.15) is 5.56 Å².